The van der Waals surface area contributed by atoms with Gasteiger partial charge < -0.3 is 15.3 Å². The first-order chi connectivity index (χ1) is 8.24. The predicted octanol–water partition coefficient (Wildman–Crippen LogP) is 0.507. The molecule has 17 heavy (non-hydrogen) atoms. The minimum absolute atomic E-state index is 0.0693. The number of carbonyl (C=O) groups excluding carboxylic acids is 1. The number of hydrogen-bond donors (Lipinski definition) is 2. The Labute approximate surface area is 100 Å². The van der Waals surface area contributed by atoms with Crippen LogP contribution in [0.15, 0.2) is 24.3 Å². The minimum atomic E-state index is 0.0693. The Kier molecular flexibility index (Phi) is 2.52. The number of nitrogens with zero attached hydrogens (tertiary/aromatic N) is 1. The zero-order valence-corrected chi connectivity index (χ0v) is 9.60. The van der Waals surface area contributed by atoms with Crippen LogP contribution in [0, 0.1) is 0 Å². The SMILES string of the molecule is O=C1C2CC(CN2)N1CCc1ccc(O)cc1. The molecular formula is C13H16N2O2. The van der Waals surface area contributed by atoms with Gasteiger partial charge in [0.2, 0.25) is 5.91 Å². The van der Waals surface area contributed by atoms with E-state index in [1.807, 2.05) is 17.0 Å². The van der Waals surface area contributed by atoms with Crippen LogP contribution in [0.4, 0.5) is 0 Å². The number of fused-ring (bicyclic) bond motifs is 2. The zero-order valence-electron chi connectivity index (χ0n) is 9.60. The molecule has 2 atom stereocenters. The average Bonchev–Trinajstić information content (AvgIpc) is 2.90. The summed E-state index contributed by atoms with van der Waals surface area (Å²) in [6, 6.07) is 7.66. The first-order valence-corrected chi connectivity index (χ1v) is 6.06. The van der Waals surface area contributed by atoms with Crippen LogP contribution >= 0.6 is 0 Å². The van der Waals surface area contributed by atoms with Gasteiger partial charge in [-0.1, -0.05) is 12.1 Å². The molecule has 2 unspecified atom stereocenters. The first-order valence-electron chi connectivity index (χ1n) is 6.06. The van der Waals surface area contributed by atoms with E-state index >= 15 is 0 Å². The van der Waals surface area contributed by atoms with Crippen LogP contribution < -0.4 is 5.32 Å². The molecule has 0 saturated carbocycles. The second kappa shape index (κ2) is 4.04. The summed E-state index contributed by atoms with van der Waals surface area (Å²) in [5, 5.41) is 12.4. The number of aromatic hydroxyl groups is 1. The van der Waals surface area contributed by atoms with Gasteiger partial charge in [0.25, 0.3) is 0 Å². The monoisotopic (exact) mass is 232 g/mol. The van der Waals surface area contributed by atoms with E-state index in [9.17, 15) is 9.90 Å². The number of rotatable bonds is 3. The Hall–Kier alpha value is -1.55. The molecule has 0 aromatic heterocycles. The minimum Gasteiger partial charge on any atom is -0.508 e. The summed E-state index contributed by atoms with van der Waals surface area (Å²) >= 11 is 0. The highest BCUT2D eigenvalue weighted by molar-refractivity contribution is 5.85. The highest BCUT2D eigenvalue weighted by Crippen LogP contribution is 2.24. The fraction of sp³-hybridized carbons (Fsp3) is 0.462. The maximum absolute atomic E-state index is 11.9. The van der Waals surface area contributed by atoms with Crippen molar-refractivity contribution in [3.63, 3.8) is 0 Å². The first kappa shape index (κ1) is 10.6. The van der Waals surface area contributed by atoms with Gasteiger partial charge in [0.15, 0.2) is 0 Å². The largest absolute Gasteiger partial charge is 0.508 e. The Balaban J connectivity index is 1.61. The lowest BCUT2D eigenvalue weighted by atomic mass is 10.1. The number of phenolic OH excluding ortho intramolecular Hbond substituents is 1. The van der Waals surface area contributed by atoms with Gasteiger partial charge in [0.05, 0.1) is 6.04 Å². The number of carbonyl (C=O) groups is 1. The van der Waals surface area contributed by atoms with Gasteiger partial charge in [-0.15, -0.1) is 0 Å². The maximum atomic E-state index is 11.9. The summed E-state index contributed by atoms with van der Waals surface area (Å²) in [4.78, 5) is 13.9. The van der Waals surface area contributed by atoms with E-state index in [-0.39, 0.29) is 17.7 Å². The van der Waals surface area contributed by atoms with Crippen LogP contribution in [0.2, 0.25) is 0 Å². The van der Waals surface area contributed by atoms with Gasteiger partial charge in [-0.25, -0.2) is 0 Å². The molecule has 1 aromatic carbocycles. The van der Waals surface area contributed by atoms with Crippen LogP contribution in [-0.4, -0.2) is 41.1 Å². The number of piperazine rings is 1. The molecular weight excluding hydrogens is 216 g/mol. The molecule has 2 bridgehead atoms. The molecule has 2 N–H and O–H groups in total. The number of hydrogen-bond acceptors (Lipinski definition) is 3. The highest BCUT2D eigenvalue weighted by Gasteiger charge is 2.43. The van der Waals surface area contributed by atoms with Crippen molar-refractivity contribution in [2.45, 2.75) is 24.9 Å². The second-order valence-corrected chi connectivity index (χ2v) is 4.80. The molecule has 1 amide bonds. The topological polar surface area (TPSA) is 52.6 Å². The van der Waals surface area contributed by atoms with Crippen molar-refractivity contribution in [3.8, 4) is 5.75 Å². The number of benzene rings is 1. The van der Waals surface area contributed by atoms with Crippen molar-refractivity contribution in [1.82, 2.24) is 10.2 Å². The quantitative estimate of drug-likeness (QED) is 0.798. The molecule has 3 rings (SSSR count). The van der Waals surface area contributed by atoms with Crippen molar-refractivity contribution in [1.29, 1.82) is 0 Å². The Bertz CT molecular complexity index is 430. The molecule has 90 valence electrons. The summed E-state index contributed by atoms with van der Waals surface area (Å²) < 4.78 is 0. The Morgan fingerprint density at radius 3 is 2.76 bits per heavy atom. The lowest BCUT2D eigenvalue weighted by molar-refractivity contribution is -0.132. The van der Waals surface area contributed by atoms with Gasteiger partial charge in [0, 0.05) is 19.1 Å². The predicted molar refractivity (Wildman–Crippen MR) is 63.7 cm³/mol. The van der Waals surface area contributed by atoms with E-state index in [1.54, 1.807) is 12.1 Å². The number of likely N-dealkylation sites (tertiary alicyclic amines) is 1. The number of amides is 1. The third-order valence-corrected chi connectivity index (χ3v) is 3.71. The van der Waals surface area contributed by atoms with E-state index in [2.05, 4.69) is 5.32 Å². The van der Waals surface area contributed by atoms with Crippen LogP contribution in [0.5, 0.6) is 5.75 Å². The van der Waals surface area contributed by atoms with E-state index in [4.69, 9.17) is 0 Å². The molecule has 2 aliphatic rings. The molecule has 2 saturated heterocycles. The molecule has 2 aliphatic heterocycles. The molecule has 2 fully saturated rings. The average molecular weight is 232 g/mol. The van der Waals surface area contributed by atoms with Crippen LogP contribution in [0.1, 0.15) is 12.0 Å². The standard InChI is InChI=1S/C13H16N2O2/c16-11-3-1-9(2-4-11)5-6-15-10-7-12(13(15)17)14-8-10/h1-4,10,12,14,16H,5-8H2. The summed E-state index contributed by atoms with van der Waals surface area (Å²) in [6.07, 6.45) is 1.82. The molecule has 1 aromatic rings. The van der Waals surface area contributed by atoms with Crippen molar-refractivity contribution in [2.75, 3.05) is 13.1 Å². The molecule has 0 radical (unpaired) electrons. The molecule has 0 spiro atoms. The van der Waals surface area contributed by atoms with Gasteiger partial charge in [-0.3, -0.25) is 4.79 Å². The third-order valence-electron chi connectivity index (χ3n) is 3.71. The Morgan fingerprint density at radius 1 is 1.35 bits per heavy atom. The van der Waals surface area contributed by atoms with Gasteiger partial charge in [-0.05, 0) is 30.5 Å². The van der Waals surface area contributed by atoms with Crippen LogP contribution in [-0.2, 0) is 11.2 Å². The highest BCUT2D eigenvalue weighted by atomic mass is 16.3. The van der Waals surface area contributed by atoms with E-state index in [0.717, 1.165) is 31.5 Å². The normalized spacial score (nSPS) is 26.8. The van der Waals surface area contributed by atoms with Gasteiger partial charge >= 0.3 is 0 Å². The van der Waals surface area contributed by atoms with Crippen molar-refractivity contribution in [3.05, 3.63) is 29.8 Å². The third kappa shape index (κ3) is 1.89. The zero-order chi connectivity index (χ0) is 11.8. The number of nitrogens with one attached hydrogen (secondary N) is 1. The van der Waals surface area contributed by atoms with Gasteiger partial charge in [-0.2, -0.15) is 0 Å². The summed E-state index contributed by atoms with van der Waals surface area (Å²) in [6.45, 7) is 1.72. The lowest BCUT2D eigenvalue weighted by Crippen LogP contribution is -2.48. The van der Waals surface area contributed by atoms with E-state index in [0.29, 0.717) is 6.04 Å². The Morgan fingerprint density at radius 2 is 2.12 bits per heavy atom. The van der Waals surface area contributed by atoms with Crippen molar-refractivity contribution >= 4 is 5.91 Å². The molecule has 0 aliphatic carbocycles. The summed E-state index contributed by atoms with van der Waals surface area (Å²) in [5.41, 5.74) is 1.16. The maximum Gasteiger partial charge on any atom is 0.240 e. The van der Waals surface area contributed by atoms with Crippen molar-refractivity contribution < 1.29 is 9.90 Å². The molecule has 4 nitrogen and oxygen atoms in total. The summed E-state index contributed by atoms with van der Waals surface area (Å²) in [5.74, 6) is 0.536. The van der Waals surface area contributed by atoms with Gasteiger partial charge in [0.1, 0.15) is 5.75 Å². The van der Waals surface area contributed by atoms with Crippen LogP contribution in [0.3, 0.4) is 0 Å². The number of phenols is 1. The van der Waals surface area contributed by atoms with E-state index < -0.39 is 0 Å². The lowest BCUT2D eigenvalue weighted by Gasteiger charge is -2.27. The second-order valence-electron chi connectivity index (χ2n) is 4.80. The van der Waals surface area contributed by atoms with Crippen molar-refractivity contribution in [2.24, 2.45) is 0 Å². The summed E-state index contributed by atoms with van der Waals surface area (Å²) in [7, 11) is 0. The molecule has 2 heterocycles. The fourth-order valence-corrected chi connectivity index (χ4v) is 2.73. The molecule has 4 heteroatoms. The fourth-order valence-electron chi connectivity index (χ4n) is 2.73. The van der Waals surface area contributed by atoms with E-state index in [1.165, 1.54) is 0 Å². The van der Waals surface area contributed by atoms with Crippen LogP contribution in [0.25, 0.3) is 0 Å². The smallest absolute Gasteiger partial charge is 0.240 e.